The van der Waals surface area contributed by atoms with E-state index < -0.39 is 0 Å². The molecular formula is C22H26Si. The molecular weight excluding hydrogens is 292 g/mol. The Kier molecular flexibility index (Phi) is 5.65. The van der Waals surface area contributed by atoms with Gasteiger partial charge in [0.25, 0.3) is 0 Å². The van der Waals surface area contributed by atoms with E-state index in [9.17, 15) is 0 Å². The molecule has 0 aromatic heterocycles. The lowest BCUT2D eigenvalue weighted by molar-refractivity contribution is 0.708. The highest BCUT2D eigenvalue weighted by Gasteiger charge is 2.17. The second-order valence-electron chi connectivity index (χ2n) is 6.48. The lowest BCUT2D eigenvalue weighted by atomic mass is 10.1. The SMILES string of the molecule is CCCCCC1=CC(c2ccccc2)=C([SiH2]c2ccccc2)C1. The van der Waals surface area contributed by atoms with Crippen LogP contribution in [-0.2, 0) is 0 Å². The number of benzene rings is 2. The number of hydrogen-bond acceptors (Lipinski definition) is 0. The Morgan fingerprint density at radius 1 is 0.870 bits per heavy atom. The van der Waals surface area contributed by atoms with Crippen LogP contribution in [0.1, 0.15) is 44.6 Å². The minimum atomic E-state index is -0.359. The largest absolute Gasteiger partial charge is 0.0836 e. The van der Waals surface area contributed by atoms with E-state index in [2.05, 4.69) is 73.7 Å². The van der Waals surface area contributed by atoms with Gasteiger partial charge in [-0.2, -0.15) is 0 Å². The molecule has 0 heterocycles. The van der Waals surface area contributed by atoms with E-state index in [4.69, 9.17) is 0 Å². The van der Waals surface area contributed by atoms with Gasteiger partial charge in [0, 0.05) is 0 Å². The fraction of sp³-hybridized carbons (Fsp3) is 0.273. The second-order valence-corrected chi connectivity index (χ2v) is 8.51. The average molecular weight is 319 g/mol. The molecule has 0 spiro atoms. The van der Waals surface area contributed by atoms with Gasteiger partial charge in [0.1, 0.15) is 0 Å². The summed E-state index contributed by atoms with van der Waals surface area (Å²) in [6, 6.07) is 22.0. The van der Waals surface area contributed by atoms with Crippen LogP contribution in [0.5, 0.6) is 0 Å². The van der Waals surface area contributed by atoms with Gasteiger partial charge in [-0.3, -0.25) is 0 Å². The monoisotopic (exact) mass is 318 g/mol. The first kappa shape index (κ1) is 16.0. The Hall–Kier alpha value is -1.86. The van der Waals surface area contributed by atoms with Gasteiger partial charge < -0.3 is 0 Å². The Morgan fingerprint density at radius 3 is 2.26 bits per heavy atom. The normalized spacial score (nSPS) is 14.7. The second kappa shape index (κ2) is 8.12. The van der Waals surface area contributed by atoms with Crippen molar-refractivity contribution in [3.63, 3.8) is 0 Å². The van der Waals surface area contributed by atoms with Gasteiger partial charge in [0.05, 0.1) is 9.52 Å². The molecule has 0 nitrogen and oxygen atoms in total. The van der Waals surface area contributed by atoms with Gasteiger partial charge in [0.2, 0.25) is 0 Å². The molecule has 1 heteroatoms. The highest BCUT2D eigenvalue weighted by molar-refractivity contribution is 6.62. The molecule has 3 rings (SSSR count). The van der Waals surface area contributed by atoms with Crippen LogP contribution in [0.2, 0.25) is 0 Å². The van der Waals surface area contributed by atoms with Gasteiger partial charge in [-0.05, 0) is 30.4 Å². The summed E-state index contributed by atoms with van der Waals surface area (Å²) in [5.41, 5.74) is 4.57. The minimum absolute atomic E-state index is 0.359. The van der Waals surface area contributed by atoms with Crippen molar-refractivity contribution in [2.75, 3.05) is 0 Å². The summed E-state index contributed by atoms with van der Waals surface area (Å²) in [4.78, 5) is 0. The fourth-order valence-electron chi connectivity index (χ4n) is 3.39. The zero-order valence-electron chi connectivity index (χ0n) is 14.1. The first-order valence-corrected chi connectivity index (χ1v) is 10.3. The molecule has 0 amide bonds. The molecule has 0 aliphatic heterocycles. The number of allylic oxidation sites excluding steroid dienone is 4. The molecule has 1 aliphatic carbocycles. The van der Waals surface area contributed by atoms with Crippen LogP contribution in [0.3, 0.4) is 0 Å². The van der Waals surface area contributed by atoms with Crippen molar-refractivity contribution in [1.29, 1.82) is 0 Å². The van der Waals surface area contributed by atoms with Crippen molar-refractivity contribution in [1.82, 2.24) is 0 Å². The molecule has 0 saturated heterocycles. The van der Waals surface area contributed by atoms with Gasteiger partial charge in [-0.25, -0.2) is 0 Å². The maximum atomic E-state index is 2.50. The van der Waals surface area contributed by atoms with E-state index in [-0.39, 0.29) is 9.52 Å². The topological polar surface area (TPSA) is 0 Å². The fourth-order valence-corrected chi connectivity index (χ4v) is 5.34. The van der Waals surface area contributed by atoms with E-state index in [1.54, 1.807) is 16.0 Å². The van der Waals surface area contributed by atoms with E-state index in [0.29, 0.717) is 0 Å². The van der Waals surface area contributed by atoms with Crippen molar-refractivity contribution >= 4 is 20.3 Å². The molecule has 0 unspecified atom stereocenters. The Labute approximate surface area is 142 Å². The van der Waals surface area contributed by atoms with Gasteiger partial charge in [-0.1, -0.05) is 102 Å². The lowest BCUT2D eigenvalue weighted by Gasteiger charge is -2.08. The van der Waals surface area contributed by atoms with Crippen molar-refractivity contribution in [2.24, 2.45) is 0 Å². The van der Waals surface area contributed by atoms with Gasteiger partial charge >= 0.3 is 0 Å². The van der Waals surface area contributed by atoms with Gasteiger partial charge in [0.15, 0.2) is 0 Å². The highest BCUT2D eigenvalue weighted by Crippen LogP contribution is 2.34. The smallest absolute Gasteiger partial charge is 0.0710 e. The maximum absolute atomic E-state index is 2.50. The van der Waals surface area contributed by atoms with Crippen molar-refractivity contribution < 1.29 is 0 Å². The predicted octanol–water partition coefficient (Wildman–Crippen LogP) is 4.80. The number of unbranched alkanes of at least 4 members (excludes halogenated alkanes) is 2. The molecule has 1 aliphatic rings. The van der Waals surface area contributed by atoms with E-state index in [1.807, 2.05) is 0 Å². The highest BCUT2D eigenvalue weighted by atomic mass is 28.2. The predicted molar refractivity (Wildman–Crippen MR) is 105 cm³/mol. The maximum Gasteiger partial charge on any atom is 0.0836 e. The van der Waals surface area contributed by atoms with Crippen LogP contribution in [0.25, 0.3) is 5.57 Å². The summed E-state index contributed by atoms with van der Waals surface area (Å²) in [6.45, 7) is 2.28. The third-order valence-electron chi connectivity index (χ3n) is 4.62. The molecule has 0 bridgehead atoms. The van der Waals surface area contributed by atoms with Crippen LogP contribution < -0.4 is 5.19 Å². The van der Waals surface area contributed by atoms with Crippen LogP contribution in [0.15, 0.2) is 77.5 Å². The summed E-state index contributed by atoms with van der Waals surface area (Å²) >= 11 is 0. The summed E-state index contributed by atoms with van der Waals surface area (Å²) < 4.78 is 0. The molecule has 0 atom stereocenters. The zero-order chi connectivity index (χ0) is 15.9. The molecule has 2 aromatic rings. The quantitative estimate of drug-likeness (QED) is 0.508. The third-order valence-corrected chi connectivity index (χ3v) is 6.55. The third kappa shape index (κ3) is 4.32. The molecule has 2 aromatic carbocycles. The Bertz CT molecular complexity index is 680. The number of rotatable bonds is 7. The van der Waals surface area contributed by atoms with Crippen LogP contribution in [0.4, 0.5) is 0 Å². The summed E-state index contributed by atoms with van der Waals surface area (Å²) in [6.07, 6.45) is 8.98. The first-order chi connectivity index (χ1) is 11.4. The van der Waals surface area contributed by atoms with Crippen molar-refractivity contribution in [2.45, 2.75) is 39.0 Å². The van der Waals surface area contributed by atoms with Crippen LogP contribution >= 0.6 is 0 Å². The molecule has 0 saturated carbocycles. The van der Waals surface area contributed by atoms with Crippen molar-refractivity contribution in [3.8, 4) is 0 Å². The molecule has 23 heavy (non-hydrogen) atoms. The molecule has 118 valence electrons. The van der Waals surface area contributed by atoms with E-state index in [0.717, 1.165) is 0 Å². The molecule has 0 N–H and O–H groups in total. The van der Waals surface area contributed by atoms with E-state index >= 15 is 0 Å². The molecule has 0 fully saturated rings. The minimum Gasteiger partial charge on any atom is -0.0710 e. The molecule has 0 radical (unpaired) electrons. The van der Waals surface area contributed by atoms with Crippen molar-refractivity contribution in [3.05, 3.63) is 83.1 Å². The summed E-state index contributed by atoms with van der Waals surface area (Å²) in [5.74, 6) is 0. The summed E-state index contributed by atoms with van der Waals surface area (Å²) in [7, 11) is -0.359. The van der Waals surface area contributed by atoms with Crippen LogP contribution in [0, 0.1) is 0 Å². The number of hydrogen-bond donors (Lipinski definition) is 0. The average Bonchev–Trinajstić information content (AvgIpc) is 2.99. The van der Waals surface area contributed by atoms with Crippen LogP contribution in [-0.4, -0.2) is 9.52 Å². The lowest BCUT2D eigenvalue weighted by Crippen LogP contribution is -2.16. The standard InChI is InChI=1S/C22H26Si/c1-2-3-6-11-18-16-21(19-12-7-4-8-13-19)22(17-18)23-20-14-9-5-10-15-20/h4-5,7-10,12-16H,2-3,6,11,17,23H2,1H3. The first-order valence-electron chi connectivity index (χ1n) is 8.87. The van der Waals surface area contributed by atoms with Gasteiger partial charge in [-0.15, -0.1) is 0 Å². The Morgan fingerprint density at radius 2 is 1.57 bits per heavy atom. The van der Waals surface area contributed by atoms with E-state index in [1.165, 1.54) is 43.2 Å². The Balaban J connectivity index is 1.82. The summed E-state index contributed by atoms with van der Waals surface area (Å²) in [5, 5.41) is 3.27. The zero-order valence-corrected chi connectivity index (χ0v) is 15.5.